The van der Waals surface area contributed by atoms with Gasteiger partial charge in [-0.2, -0.15) is 0 Å². The Morgan fingerprint density at radius 3 is 2.33 bits per heavy atom. The highest BCUT2D eigenvalue weighted by molar-refractivity contribution is 6.61. The predicted molar refractivity (Wildman–Crippen MR) is 91.6 cm³/mol. The molecule has 1 aromatic heterocycles. The van der Waals surface area contributed by atoms with Gasteiger partial charge in [-0.1, -0.05) is 0 Å². The van der Waals surface area contributed by atoms with E-state index in [-0.39, 0.29) is 12.0 Å². The van der Waals surface area contributed by atoms with Crippen LogP contribution >= 0.6 is 0 Å². The van der Waals surface area contributed by atoms with E-state index in [1.807, 2.05) is 27.7 Å². The Balaban J connectivity index is 1.92. The first-order valence-electron chi connectivity index (χ1n) is 8.34. The van der Waals surface area contributed by atoms with Crippen molar-refractivity contribution in [2.75, 3.05) is 14.1 Å². The van der Waals surface area contributed by atoms with Crippen LogP contribution in [0.25, 0.3) is 0 Å². The molecule has 2 fully saturated rings. The highest BCUT2D eigenvalue weighted by atomic mass is 16.7. The minimum atomic E-state index is -0.598. The molecule has 0 atom stereocenters. The molecule has 2 heterocycles. The Hall–Kier alpha value is -1.60. The van der Waals surface area contributed by atoms with Gasteiger partial charge in [0.2, 0.25) is 0 Å². The summed E-state index contributed by atoms with van der Waals surface area (Å²) in [6.07, 6.45) is 3.85. The van der Waals surface area contributed by atoms with Crippen molar-refractivity contribution in [1.82, 2.24) is 9.88 Å². The highest BCUT2D eigenvalue weighted by Crippen LogP contribution is 2.36. The number of carbonyl (C=O) groups is 1. The van der Waals surface area contributed by atoms with Gasteiger partial charge in [0.05, 0.1) is 34.7 Å². The number of pyridine rings is 1. The van der Waals surface area contributed by atoms with Crippen LogP contribution in [0.1, 0.15) is 50.9 Å². The first-order chi connectivity index (χ1) is 11.1. The Morgan fingerprint density at radius 1 is 1.25 bits per heavy atom. The lowest BCUT2D eigenvalue weighted by molar-refractivity contribution is 0.00578. The molecule has 6 nitrogen and oxygen atoms in total. The third-order valence-corrected chi connectivity index (χ3v) is 4.84. The summed E-state index contributed by atoms with van der Waals surface area (Å²) in [5, 5.41) is 0. The van der Waals surface area contributed by atoms with Crippen molar-refractivity contribution in [3.05, 3.63) is 17.8 Å². The Bertz CT molecular complexity index is 640. The number of rotatable bonds is 4. The van der Waals surface area contributed by atoms with Crippen LogP contribution in [-0.2, 0) is 9.31 Å². The Kier molecular flexibility index (Phi) is 4.12. The van der Waals surface area contributed by atoms with Gasteiger partial charge in [0, 0.05) is 14.1 Å². The quantitative estimate of drug-likeness (QED) is 0.784. The van der Waals surface area contributed by atoms with Gasteiger partial charge in [-0.25, -0.2) is 0 Å². The third kappa shape index (κ3) is 3.15. The minimum absolute atomic E-state index is 0.120. The van der Waals surface area contributed by atoms with Crippen LogP contribution in [0.2, 0.25) is 0 Å². The second-order valence-corrected chi connectivity index (χ2v) is 7.71. The summed E-state index contributed by atoms with van der Waals surface area (Å²) in [6, 6.07) is 1.72. The van der Waals surface area contributed by atoms with Crippen LogP contribution < -0.4 is 10.3 Å². The molecule has 1 saturated heterocycles. The van der Waals surface area contributed by atoms with E-state index in [1.54, 1.807) is 26.4 Å². The molecule has 0 unspecified atom stereocenters. The van der Waals surface area contributed by atoms with Crippen LogP contribution in [0.3, 0.4) is 0 Å². The molecular formula is C17H25BN2O4. The molecule has 130 valence electrons. The van der Waals surface area contributed by atoms with Crippen LogP contribution in [0.15, 0.2) is 12.3 Å². The van der Waals surface area contributed by atoms with Crippen molar-refractivity contribution in [1.29, 1.82) is 0 Å². The number of nitrogens with zero attached hydrogens (tertiary/aromatic N) is 2. The zero-order valence-electron chi connectivity index (χ0n) is 15.3. The van der Waals surface area contributed by atoms with Gasteiger partial charge in [-0.15, -0.1) is 0 Å². The average molecular weight is 332 g/mol. The van der Waals surface area contributed by atoms with E-state index in [1.165, 1.54) is 4.90 Å². The van der Waals surface area contributed by atoms with Gasteiger partial charge in [-0.05, 0) is 46.6 Å². The fourth-order valence-corrected chi connectivity index (χ4v) is 2.42. The SMILES string of the molecule is CN(C)C(=O)c1cc(B2OC(C)(C)C(C)(C)O2)ncc1OC1CC1. The molecule has 0 radical (unpaired) electrons. The second-order valence-electron chi connectivity index (χ2n) is 7.71. The maximum atomic E-state index is 12.5. The van der Waals surface area contributed by atoms with E-state index >= 15 is 0 Å². The van der Waals surface area contributed by atoms with E-state index in [2.05, 4.69) is 4.98 Å². The average Bonchev–Trinajstić information content (AvgIpc) is 3.25. The first-order valence-corrected chi connectivity index (χ1v) is 8.34. The highest BCUT2D eigenvalue weighted by Gasteiger charge is 2.52. The fourth-order valence-electron chi connectivity index (χ4n) is 2.42. The van der Waals surface area contributed by atoms with E-state index in [0.717, 1.165) is 12.8 Å². The molecule has 0 N–H and O–H groups in total. The normalized spacial score (nSPS) is 21.7. The molecule has 0 aromatic carbocycles. The van der Waals surface area contributed by atoms with Crippen molar-refractivity contribution in [3.63, 3.8) is 0 Å². The van der Waals surface area contributed by atoms with Crippen molar-refractivity contribution in [2.24, 2.45) is 0 Å². The monoisotopic (exact) mass is 332 g/mol. The largest absolute Gasteiger partial charge is 0.514 e. The zero-order valence-corrected chi connectivity index (χ0v) is 15.3. The van der Waals surface area contributed by atoms with Crippen molar-refractivity contribution >= 4 is 18.6 Å². The van der Waals surface area contributed by atoms with Crippen molar-refractivity contribution < 1.29 is 18.8 Å². The summed E-state index contributed by atoms with van der Waals surface area (Å²) >= 11 is 0. The smallest absolute Gasteiger partial charge is 0.488 e. The molecular weight excluding hydrogens is 307 g/mol. The summed E-state index contributed by atoms with van der Waals surface area (Å²) in [7, 11) is 2.84. The number of amides is 1. The number of carbonyl (C=O) groups excluding carboxylic acids is 1. The van der Waals surface area contributed by atoms with Crippen LogP contribution in [0, 0.1) is 0 Å². The Morgan fingerprint density at radius 2 is 1.83 bits per heavy atom. The van der Waals surface area contributed by atoms with Gasteiger partial charge in [0.25, 0.3) is 5.91 Å². The lowest BCUT2D eigenvalue weighted by Crippen LogP contribution is -2.41. The maximum absolute atomic E-state index is 12.5. The maximum Gasteiger partial charge on any atom is 0.514 e. The minimum Gasteiger partial charge on any atom is -0.488 e. The summed E-state index contributed by atoms with van der Waals surface area (Å²) in [4.78, 5) is 18.5. The lowest BCUT2D eigenvalue weighted by atomic mass is 9.83. The number of ether oxygens (including phenoxy) is 1. The lowest BCUT2D eigenvalue weighted by Gasteiger charge is -2.32. The first kappa shape index (κ1) is 17.2. The van der Waals surface area contributed by atoms with Crippen molar-refractivity contribution in [2.45, 2.75) is 57.8 Å². The van der Waals surface area contributed by atoms with Crippen LogP contribution in [-0.4, -0.2) is 54.3 Å². The molecule has 3 rings (SSSR count). The van der Waals surface area contributed by atoms with Crippen LogP contribution in [0.4, 0.5) is 0 Å². The number of hydrogen-bond donors (Lipinski definition) is 0. The van der Waals surface area contributed by atoms with Gasteiger partial charge >= 0.3 is 7.12 Å². The molecule has 1 amide bonds. The standard InChI is InChI=1S/C17H25BN2O4/c1-16(2)17(3,4)24-18(23-16)14-9-12(15(21)20(5)6)13(10-19-14)22-11-7-8-11/h9-11H,7-8H2,1-6H3. The van der Waals surface area contributed by atoms with E-state index < -0.39 is 18.3 Å². The van der Waals surface area contributed by atoms with Gasteiger partial charge < -0.3 is 18.9 Å². The molecule has 1 aromatic rings. The summed E-state index contributed by atoms with van der Waals surface area (Å²) in [5.41, 5.74) is 0.177. The third-order valence-electron chi connectivity index (χ3n) is 4.84. The second kappa shape index (κ2) is 5.74. The molecule has 1 aliphatic heterocycles. The van der Waals surface area contributed by atoms with Gasteiger partial charge in [-0.3, -0.25) is 9.78 Å². The fraction of sp³-hybridized carbons (Fsp3) is 0.647. The number of aromatic nitrogens is 1. The van der Waals surface area contributed by atoms with E-state index in [0.29, 0.717) is 16.9 Å². The molecule has 0 spiro atoms. The molecule has 1 saturated carbocycles. The zero-order chi connectivity index (χ0) is 17.7. The molecule has 7 heteroatoms. The molecule has 24 heavy (non-hydrogen) atoms. The summed E-state index contributed by atoms with van der Waals surface area (Å²) < 4.78 is 17.9. The Labute approximate surface area is 143 Å². The van der Waals surface area contributed by atoms with Crippen LogP contribution in [0.5, 0.6) is 5.75 Å². The van der Waals surface area contributed by atoms with Gasteiger partial charge in [0.1, 0.15) is 0 Å². The van der Waals surface area contributed by atoms with Crippen molar-refractivity contribution in [3.8, 4) is 5.75 Å². The molecule has 0 bridgehead atoms. The molecule has 1 aliphatic carbocycles. The van der Waals surface area contributed by atoms with E-state index in [9.17, 15) is 4.79 Å². The predicted octanol–water partition coefficient (Wildman–Crippen LogP) is 1.62. The van der Waals surface area contributed by atoms with E-state index in [4.69, 9.17) is 14.0 Å². The van der Waals surface area contributed by atoms with Gasteiger partial charge in [0.15, 0.2) is 5.75 Å². The summed E-state index contributed by atoms with van der Waals surface area (Å²) in [6.45, 7) is 7.96. The topological polar surface area (TPSA) is 60.9 Å². The number of hydrogen-bond acceptors (Lipinski definition) is 5. The summed E-state index contributed by atoms with van der Waals surface area (Å²) in [5.74, 6) is 0.405. The molecule has 2 aliphatic rings.